The van der Waals surface area contributed by atoms with Crippen LogP contribution in [0.25, 0.3) is 0 Å². The van der Waals surface area contributed by atoms with Crippen molar-refractivity contribution in [3.8, 4) is 5.75 Å². The monoisotopic (exact) mass is 400 g/mol. The van der Waals surface area contributed by atoms with E-state index < -0.39 is 10.5 Å². The molecule has 2 aliphatic heterocycles. The third-order valence-corrected chi connectivity index (χ3v) is 5.68. The zero-order valence-corrected chi connectivity index (χ0v) is 15.6. The van der Waals surface area contributed by atoms with Gasteiger partial charge in [-0.15, -0.1) is 0 Å². The van der Waals surface area contributed by atoms with Crippen LogP contribution in [-0.2, 0) is 0 Å². The maximum atomic E-state index is 12.8. The van der Waals surface area contributed by atoms with E-state index in [-0.39, 0.29) is 34.4 Å². The van der Waals surface area contributed by atoms with Gasteiger partial charge in [0.15, 0.2) is 5.78 Å². The predicted molar refractivity (Wildman–Crippen MR) is 102 cm³/mol. The lowest BCUT2D eigenvalue weighted by Gasteiger charge is -2.44. The molecule has 1 fully saturated rings. The predicted octanol–water partition coefficient (Wildman–Crippen LogP) is 3.89. The Labute approximate surface area is 166 Å². The molecule has 0 saturated carbocycles. The van der Waals surface area contributed by atoms with E-state index >= 15 is 0 Å². The molecule has 8 heteroatoms. The average molecular weight is 401 g/mol. The fraction of sp³-hybridized carbons (Fsp3) is 0.300. The molecule has 0 N–H and O–H groups in total. The Bertz CT molecular complexity index is 982. The van der Waals surface area contributed by atoms with Crippen LogP contribution < -0.4 is 4.74 Å². The second-order valence-electron chi connectivity index (χ2n) is 7.09. The summed E-state index contributed by atoms with van der Waals surface area (Å²) in [7, 11) is 0. The number of para-hydroxylation sites is 1. The second-order valence-corrected chi connectivity index (χ2v) is 7.50. The Kier molecular flexibility index (Phi) is 4.55. The molecule has 1 saturated heterocycles. The number of fused-ring (bicyclic) bond motifs is 1. The van der Waals surface area contributed by atoms with E-state index in [2.05, 4.69) is 0 Å². The number of carbonyl (C=O) groups is 2. The minimum atomic E-state index is -0.616. The molecular weight excluding hydrogens is 384 g/mol. The van der Waals surface area contributed by atoms with Gasteiger partial charge < -0.3 is 9.64 Å². The van der Waals surface area contributed by atoms with Crippen LogP contribution in [-0.4, -0.2) is 40.2 Å². The Morgan fingerprint density at radius 2 is 1.89 bits per heavy atom. The maximum absolute atomic E-state index is 12.8. The number of benzene rings is 2. The molecule has 0 radical (unpaired) electrons. The van der Waals surface area contributed by atoms with Gasteiger partial charge in [-0.05, 0) is 18.2 Å². The Balaban J connectivity index is 1.51. The topological polar surface area (TPSA) is 89.8 Å². The van der Waals surface area contributed by atoms with E-state index in [1.165, 1.54) is 18.2 Å². The molecule has 7 nitrogen and oxygen atoms in total. The van der Waals surface area contributed by atoms with Gasteiger partial charge in [0.2, 0.25) is 0 Å². The van der Waals surface area contributed by atoms with Crippen molar-refractivity contribution in [1.29, 1.82) is 0 Å². The van der Waals surface area contributed by atoms with Crippen LogP contribution in [0.3, 0.4) is 0 Å². The Hall–Kier alpha value is -2.93. The summed E-state index contributed by atoms with van der Waals surface area (Å²) < 4.78 is 6.16. The number of nitrogens with zero attached hydrogens (tertiary/aromatic N) is 2. The quantitative estimate of drug-likeness (QED) is 0.563. The zero-order valence-electron chi connectivity index (χ0n) is 14.9. The van der Waals surface area contributed by atoms with Gasteiger partial charge in [0.25, 0.3) is 11.6 Å². The molecule has 4 rings (SSSR count). The maximum Gasteiger partial charge on any atom is 0.270 e. The van der Waals surface area contributed by atoms with Gasteiger partial charge >= 0.3 is 0 Å². The van der Waals surface area contributed by atoms with Crippen molar-refractivity contribution in [3.05, 3.63) is 68.7 Å². The summed E-state index contributed by atoms with van der Waals surface area (Å²) in [5, 5.41) is 11.2. The summed E-state index contributed by atoms with van der Waals surface area (Å²) >= 11 is 6.09. The van der Waals surface area contributed by atoms with E-state index in [9.17, 15) is 19.7 Å². The van der Waals surface area contributed by atoms with E-state index in [1.807, 2.05) is 12.1 Å². The zero-order chi connectivity index (χ0) is 19.9. The summed E-state index contributed by atoms with van der Waals surface area (Å²) in [6, 6.07) is 11.0. The molecule has 144 valence electrons. The highest BCUT2D eigenvalue weighted by Gasteiger charge is 2.43. The summed E-state index contributed by atoms with van der Waals surface area (Å²) in [5.41, 5.74) is -0.0961. The largest absolute Gasteiger partial charge is 0.486 e. The highest BCUT2D eigenvalue weighted by Crippen LogP contribution is 2.39. The molecule has 2 aromatic carbocycles. The first kappa shape index (κ1) is 18.4. The number of hydrogen-bond donors (Lipinski definition) is 0. The van der Waals surface area contributed by atoms with E-state index in [0.29, 0.717) is 37.2 Å². The number of carbonyl (C=O) groups excluding carboxylic acids is 2. The van der Waals surface area contributed by atoms with Crippen LogP contribution in [0.1, 0.15) is 40.0 Å². The standard InChI is InChI=1S/C20H17ClN2O5/c21-16-6-5-13(23(26)27)11-15(16)19(25)22-9-7-20(8-10-22)12-17(24)14-3-1-2-4-18(14)28-20/h1-6,11H,7-10,12H2. The summed E-state index contributed by atoms with van der Waals surface area (Å²) in [6.45, 7) is 0.764. The number of Topliss-reactive ketones (excluding diaryl/α,β-unsaturated/α-hetero) is 1. The molecule has 0 unspecified atom stereocenters. The van der Waals surface area contributed by atoms with Crippen LogP contribution in [0, 0.1) is 10.1 Å². The number of piperidine rings is 1. The summed E-state index contributed by atoms with van der Waals surface area (Å²) in [6.07, 6.45) is 1.29. The normalized spacial score (nSPS) is 17.8. The van der Waals surface area contributed by atoms with Gasteiger partial charge in [-0.1, -0.05) is 23.7 Å². The van der Waals surface area contributed by atoms with Crippen LogP contribution >= 0.6 is 11.6 Å². The van der Waals surface area contributed by atoms with Gasteiger partial charge in [-0.2, -0.15) is 0 Å². The number of halogens is 1. The first-order valence-corrected chi connectivity index (χ1v) is 9.31. The molecule has 0 atom stereocenters. The lowest BCUT2D eigenvalue weighted by Crippen LogP contribution is -2.52. The second kappa shape index (κ2) is 6.91. The highest BCUT2D eigenvalue weighted by atomic mass is 35.5. The van der Waals surface area contributed by atoms with E-state index in [0.717, 1.165) is 0 Å². The van der Waals surface area contributed by atoms with Crippen molar-refractivity contribution in [2.45, 2.75) is 24.9 Å². The van der Waals surface area contributed by atoms with Gasteiger partial charge in [-0.3, -0.25) is 19.7 Å². The molecule has 28 heavy (non-hydrogen) atoms. The summed E-state index contributed by atoms with van der Waals surface area (Å²) in [5.74, 6) is 0.273. The lowest BCUT2D eigenvalue weighted by atomic mass is 9.82. The summed E-state index contributed by atoms with van der Waals surface area (Å²) in [4.78, 5) is 37.4. The number of ketones is 1. The molecule has 1 spiro atoms. The average Bonchev–Trinajstić information content (AvgIpc) is 2.68. The number of nitro benzene ring substituents is 1. The number of nitro groups is 1. The Morgan fingerprint density at radius 3 is 2.61 bits per heavy atom. The number of ether oxygens (including phenoxy) is 1. The molecule has 0 aliphatic carbocycles. The van der Waals surface area contributed by atoms with Gasteiger partial charge in [0, 0.05) is 38.1 Å². The lowest BCUT2D eigenvalue weighted by molar-refractivity contribution is -0.384. The van der Waals surface area contributed by atoms with Gasteiger partial charge in [0.1, 0.15) is 11.4 Å². The fourth-order valence-corrected chi connectivity index (χ4v) is 4.00. The van der Waals surface area contributed by atoms with Gasteiger partial charge in [-0.25, -0.2) is 0 Å². The van der Waals surface area contributed by atoms with Crippen LogP contribution in [0.15, 0.2) is 42.5 Å². The molecule has 0 aromatic heterocycles. The molecule has 0 bridgehead atoms. The van der Waals surface area contributed by atoms with Crippen molar-refractivity contribution < 1.29 is 19.2 Å². The minimum absolute atomic E-state index is 0.0448. The van der Waals surface area contributed by atoms with E-state index in [1.54, 1.807) is 17.0 Å². The first-order chi connectivity index (χ1) is 13.4. The van der Waals surface area contributed by atoms with Crippen molar-refractivity contribution in [2.24, 2.45) is 0 Å². The first-order valence-electron chi connectivity index (χ1n) is 8.93. The molecule has 2 heterocycles. The third kappa shape index (κ3) is 3.22. The van der Waals surface area contributed by atoms with Crippen LogP contribution in [0.4, 0.5) is 5.69 Å². The smallest absolute Gasteiger partial charge is 0.270 e. The van der Waals surface area contributed by atoms with Crippen LogP contribution in [0.5, 0.6) is 5.75 Å². The molecular formula is C20H17ClN2O5. The van der Waals surface area contributed by atoms with Gasteiger partial charge in [0.05, 0.1) is 27.5 Å². The van der Waals surface area contributed by atoms with Crippen LogP contribution in [0.2, 0.25) is 5.02 Å². The van der Waals surface area contributed by atoms with Crippen molar-refractivity contribution in [1.82, 2.24) is 4.90 Å². The molecule has 2 aromatic rings. The number of hydrogen-bond acceptors (Lipinski definition) is 5. The van der Waals surface area contributed by atoms with Crippen molar-refractivity contribution in [2.75, 3.05) is 13.1 Å². The third-order valence-electron chi connectivity index (χ3n) is 5.35. The Morgan fingerprint density at radius 1 is 1.18 bits per heavy atom. The molecule has 2 aliphatic rings. The highest BCUT2D eigenvalue weighted by molar-refractivity contribution is 6.33. The fourth-order valence-electron chi connectivity index (χ4n) is 3.80. The van der Waals surface area contributed by atoms with E-state index in [4.69, 9.17) is 16.3 Å². The minimum Gasteiger partial charge on any atom is -0.486 e. The van der Waals surface area contributed by atoms with Crippen molar-refractivity contribution >= 4 is 29.0 Å². The number of non-ortho nitro benzene ring substituents is 1. The molecule has 1 amide bonds. The number of likely N-dealkylation sites (tertiary alicyclic amines) is 1. The number of amides is 1. The SMILES string of the molecule is O=C1CC2(CCN(C(=O)c3cc([N+](=O)[O-])ccc3Cl)CC2)Oc2ccccc21. The number of rotatable bonds is 2. The van der Waals surface area contributed by atoms with Crippen molar-refractivity contribution in [3.63, 3.8) is 0 Å².